The van der Waals surface area contributed by atoms with Crippen LogP contribution in [-0.4, -0.2) is 37.1 Å². The Morgan fingerprint density at radius 3 is 3.14 bits per heavy atom. The summed E-state index contributed by atoms with van der Waals surface area (Å²) < 4.78 is 6.69. The molecule has 0 aliphatic heterocycles. The number of esters is 1. The van der Waals surface area contributed by atoms with Crippen molar-refractivity contribution in [2.75, 3.05) is 11.9 Å². The normalized spacial score (nSPS) is 10.8. The van der Waals surface area contributed by atoms with Gasteiger partial charge in [-0.05, 0) is 13.8 Å². The first-order chi connectivity index (χ1) is 10.2. The first-order valence-corrected chi connectivity index (χ1v) is 7.12. The second kappa shape index (κ2) is 5.44. The summed E-state index contributed by atoms with van der Waals surface area (Å²) in [6, 6.07) is 0. The van der Waals surface area contributed by atoms with Gasteiger partial charge >= 0.3 is 5.97 Å². The molecule has 0 radical (unpaired) electrons. The Morgan fingerprint density at radius 1 is 1.52 bits per heavy atom. The van der Waals surface area contributed by atoms with E-state index in [1.54, 1.807) is 11.4 Å². The van der Waals surface area contributed by atoms with E-state index < -0.39 is 5.97 Å². The lowest BCUT2D eigenvalue weighted by atomic mass is 10.3. The molecule has 9 heteroatoms. The van der Waals surface area contributed by atoms with E-state index in [0.717, 1.165) is 10.7 Å². The molecule has 3 aromatic rings. The van der Waals surface area contributed by atoms with Crippen molar-refractivity contribution in [3.63, 3.8) is 0 Å². The van der Waals surface area contributed by atoms with Crippen molar-refractivity contribution in [3.05, 3.63) is 29.2 Å². The summed E-state index contributed by atoms with van der Waals surface area (Å²) in [6.07, 6.45) is 2.74. The monoisotopic (exact) mass is 304 g/mol. The minimum atomic E-state index is -0.488. The molecule has 0 amide bonds. The Kier molecular flexibility index (Phi) is 3.48. The lowest BCUT2D eigenvalue weighted by molar-refractivity contribution is 0.0526. The molecule has 8 nitrogen and oxygen atoms in total. The maximum atomic E-state index is 11.8. The Labute approximate surface area is 123 Å². The van der Waals surface area contributed by atoms with Crippen LogP contribution < -0.4 is 5.32 Å². The first kappa shape index (κ1) is 13.4. The van der Waals surface area contributed by atoms with Gasteiger partial charge in [-0.15, -0.1) is 16.4 Å². The quantitative estimate of drug-likeness (QED) is 0.734. The number of rotatable bonds is 4. The number of hydrogen-bond acceptors (Lipinski definition) is 8. The second-order valence-corrected chi connectivity index (χ2v) is 4.97. The second-order valence-electron chi connectivity index (χ2n) is 4.14. The molecule has 0 saturated heterocycles. The summed E-state index contributed by atoms with van der Waals surface area (Å²) in [6.45, 7) is 3.96. The van der Waals surface area contributed by atoms with Crippen LogP contribution in [0.5, 0.6) is 0 Å². The maximum absolute atomic E-state index is 11.8. The van der Waals surface area contributed by atoms with Gasteiger partial charge in [0.15, 0.2) is 5.82 Å². The number of aryl methyl sites for hydroxylation is 1. The van der Waals surface area contributed by atoms with Gasteiger partial charge in [0, 0.05) is 11.6 Å². The molecule has 3 heterocycles. The minimum Gasteiger partial charge on any atom is -0.462 e. The molecule has 0 spiro atoms. The Hall–Kier alpha value is -2.55. The summed E-state index contributed by atoms with van der Waals surface area (Å²) in [5.41, 5.74) is 1.23. The third-order valence-electron chi connectivity index (χ3n) is 2.68. The highest BCUT2D eigenvalue weighted by atomic mass is 32.1. The van der Waals surface area contributed by atoms with Crippen LogP contribution in [0.1, 0.15) is 23.0 Å². The maximum Gasteiger partial charge on any atom is 0.343 e. The van der Waals surface area contributed by atoms with Crippen molar-refractivity contribution in [1.82, 2.24) is 24.6 Å². The van der Waals surface area contributed by atoms with Crippen LogP contribution >= 0.6 is 11.3 Å². The topological polar surface area (TPSA) is 94.3 Å². The Morgan fingerprint density at radius 2 is 2.38 bits per heavy atom. The summed E-state index contributed by atoms with van der Waals surface area (Å²) in [4.78, 5) is 24.8. The number of nitrogens with one attached hydrogen (secondary N) is 1. The highest BCUT2D eigenvalue weighted by Gasteiger charge is 2.16. The smallest absolute Gasteiger partial charge is 0.343 e. The summed E-state index contributed by atoms with van der Waals surface area (Å²) >= 11 is 1.49. The fourth-order valence-corrected chi connectivity index (χ4v) is 2.54. The predicted molar refractivity (Wildman–Crippen MR) is 76.9 cm³/mol. The molecule has 0 unspecified atom stereocenters. The average Bonchev–Trinajstić information content (AvgIpc) is 3.02. The van der Waals surface area contributed by atoms with Crippen LogP contribution in [0.25, 0.3) is 4.96 Å². The van der Waals surface area contributed by atoms with Crippen molar-refractivity contribution in [1.29, 1.82) is 0 Å². The fraction of sp³-hybridized carbons (Fsp3) is 0.250. The zero-order chi connectivity index (χ0) is 14.8. The number of carbonyl (C=O) groups is 1. The Balaban J connectivity index is 1.92. The van der Waals surface area contributed by atoms with E-state index in [1.165, 1.54) is 23.9 Å². The van der Waals surface area contributed by atoms with Crippen LogP contribution in [0, 0.1) is 6.92 Å². The largest absolute Gasteiger partial charge is 0.462 e. The molecule has 0 fully saturated rings. The van der Waals surface area contributed by atoms with Gasteiger partial charge < -0.3 is 10.1 Å². The number of thiazole rings is 1. The molecular formula is C12H12N6O2S. The van der Waals surface area contributed by atoms with Gasteiger partial charge in [0.05, 0.1) is 12.3 Å². The SMILES string of the molecule is CCOC(=O)c1cncnc1Nc1nc2scc(C)n2n1. The van der Waals surface area contributed by atoms with E-state index in [1.807, 2.05) is 12.3 Å². The Bertz CT molecular complexity index is 796. The van der Waals surface area contributed by atoms with E-state index in [4.69, 9.17) is 4.74 Å². The van der Waals surface area contributed by atoms with Gasteiger partial charge in [-0.25, -0.2) is 19.3 Å². The van der Waals surface area contributed by atoms with E-state index in [9.17, 15) is 4.79 Å². The van der Waals surface area contributed by atoms with Crippen molar-refractivity contribution in [3.8, 4) is 0 Å². The lowest BCUT2D eigenvalue weighted by Gasteiger charge is -2.06. The number of fused-ring (bicyclic) bond motifs is 1. The highest BCUT2D eigenvalue weighted by Crippen LogP contribution is 2.19. The van der Waals surface area contributed by atoms with Crippen molar-refractivity contribution >= 4 is 34.0 Å². The van der Waals surface area contributed by atoms with Crippen molar-refractivity contribution < 1.29 is 9.53 Å². The van der Waals surface area contributed by atoms with Crippen LogP contribution in [0.2, 0.25) is 0 Å². The summed E-state index contributed by atoms with van der Waals surface area (Å²) in [5, 5.41) is 9.20. The molecule has 0 aromatic carbocycles. The van der Waals surface area contributed by atoms with E-state index >= 15 is 0 Å². The molecule has 0 aliphatic rings. The number of carbonyl (C=O) groups excluding carboxylic acids is 1. The summed E-state index contributed by atoms with van der Waals surface area (Å²) in [5.74, 6) is 0.200. The zero-order valence-electron chi connectivity index (χ0n) is 11.4. The molecule has 0 saturated carbocycles. The standard InChI is InChI=1S/C12H12N6O2S/c1-3-20-10(19)8-4-13-6-14-9(8)15-11-16-12-18(17-11)7(2)5-21-12/h4-6H,3H2,1-2H3,(H,13,14,15,17). The molecule has 0 aliphatic carbocycles. The van der Waals surface area contributed by atoms with Crippen LogP contribution in [-0.2, 0) is 4.74 Å². The van der Waals surface area contributed by atoms with Crippen LogP contribution in [0.4, 0.5) is 11.8 Å². The van der Waals surface area contributed by atoms with Gasteiger partial charge in [-0.1, -0.05) is 0 Å². The van der Waals surface area contributed by atoms with Gasteiger partial charge in [0.1, 0.15) is 11.9 Å². The van der Waals surface area contributed by atoms with Crippen molar-refractivity contribution in [2.45, 2.75) is 13.8 Å². The average molecular weight is 304 g/mol. The molecular weight excluding hydrogens is 292 g/mol. The highest BCUT2D eigenvalue weighted by molar-refractivity contribution is 7.15. The number of nitrogens with zero attached hydrogens (tertiary/aromatic N) is 5. The van der Waals surface area contributed by atoms with Crippen LogP contribution in [0.15, 0.2) is 17.9 Å². The predicted octanol–water partition coefficient (Wildman–Crippen LogP) is 1.81. The summed E-state index contributed by atoms with van der Waals surface area (Å²) in [7, 11) is 0. The molecule has 1 N–H and O–H groups in total. The molecule has 108 valence electrons. The number of hydrogen-bond donors (Lipinski definition) is 1. The minimum absolute atomic E-state index is 0.245. The molecule has 0 atom stereocenters. The van der Waals surface area contributed by atoms with E-state index in [2.05, 4.69) is 25.4 Å². The third-order valence-corrected chi connectivity index (χ3v) is 3.62. The molecule has 3 rings (SSSR count). The molecule has 21 heavy (non-hydrogen) atoms. The zero-order valence-corrected chi connectivity index (χ0v) is 12.2. The van der Waals surface area contributed by atoms with Gasteiger partial charge in [-0.2, -0.15) is 4.98 Å². The number of aromatic nitrogens is 5. The van der Waals surface area contributed by atoms with Gasteiger partial charge in [0.2, 0.25) is 10.9 Å². The van der Waals surface area contributed by atoms with Gasteiger partial charge in [-0.3, -0.25) is 0 Å². The lowest BCUT2D eigenvalue weighted by Crippen LogP contribution is -2.10. The van der Waals surface area contributed by atoms with Crippen molar-refractivity contribution in [2.24, 2.45) is 0 Å². The van der Waals surface area contributed by atoms with Crippen LogP contribution in [0.3, 0.4) is 0 Å². The fourth-order valence-electron chi connectivity index (χ4n) is 1.74. The first-order valence-electron chi connectivity index (χ1n) is 6.24. The van der Waals surface area contributed by atoms with Gasteiger partial charge in [0.25, 0.3) is 0 Å². The molecule has 0 bridgehead atoms. The van der Waals surface area contributed by atoms with E-state index in [0.29, 0.717) is 11.8 Å². The molecule has 3 aromatic heterocycles. The number of anilines is 2. The number of ether oxygens (including phenoxy) is 1. The van der Waals surface area contributed by atoms with E-state index in [-0.39, 0.29) is 12.2 Å². The third kappa shape index (κ3) is 2.55.